The second kappa shape index (κ2) is 5.69. The van der Waals surface area contributed by atoms with E-state index in [1.54, 1.807) is 6.07 Å². The predicted molar refractivity (Wildman–Crippen MR) is 83.2 cm³/mol. The minimum atomic E-state index is -3.63. The highest BCUT2D eigenvalue weighted by atomic mass is 32.2. The molecule has 0 amide bonds. The molecule has 0 aliphatic rings. The Bertz CT molecular complexity index is 764. The number of ketones is 1. The lowest BCUT2D eigenvalue weighted by Crippen LogP contribution is -2.26. The summed E-state index contributed by atoms with van der Waals surface area (Å²) in [5.41, 5.74) is 2.08. The minimum absolute atomic E-state index is 0.0917. The average Bonchev–Trinajstić information content (AvgIpc) is 2.46. The fourth-order valence-electron chi connectivity index (χ4n) is 1.98. The molecule has 0 bridgehead atoms. The van der Waals surface area contributed by atoms with Crippen molar-refractivity contribution in [2.24, 2.45) is 0 Å². The number of Topliss-reactive ketones (excluding diaryl/α,β-unsaturated/α-hetero) is 1. The lowest BCUT2D eigenvalue weighted by Gasteiger charge is -2.20. The van der Waals surface area contributed by atoms with E-state index in [9.17, 15) is 13.2 Å². The fourth-order valence-corrected chi connectivity index (χ4v) is 3.17. The first-order valence-corrected chi connectivity index (χ1v) is 7.93. The number of carbonyl (C=O) groups is 1. The highest BCUT2D eigenvalue weighted by Gasteiger charge is 2.21. The zero-order valence-electron chi connectivity index (χ0n) is 12.2. The fraction of sp³-hybridized carbons (Fsp3) is 0.188. The topological polar surface area (TPSA) is 54.5 Å². The second-order valence-electron chi connectivity index (χ2n) is 4.89. The van der Waals surface area contributed by atoms with Crippen molar-refractivity contribution in [2.45, 2.75) is 18.7 Å². The largest absolute Gasteiger partial charge is 0.295 e. The van der Waals surface area contributed by atoms with Gasteiger partial charge in [0.05, 0.1) is 10.6 Å². The molecule has 2 rings (SSSR count). The maximum absolute atomic E-state index is 12.6. The molecule has 0 fully saturated rings. The van der Waals surface area contributed by atoms with Crippen molar-refractivity contribution < 1.29 is 13.2 Å². The van der Waals surface area contributed by atoms with E-state index in [4.69, 9.17) is 0 Å². The highest BCUT2D eigenvalue weighted by molar-refractivity contribution is 7.92. The summed E-state index contributed by atoms with van der Waals surface area (Å²) in [6.07, 6.45) is 0. The van der Waals surface area contributed by atoms with Crippen molar-refractivity contribution in [2.75, 3.05) is 11.4 Å². The summed E-state index contributed by atoms with van der Waals surface area (Å²) in [4.78, 5) is 11.4. The van der Waals surface area contributed by atoms with Gasteiger partial charge in [0.1, 0.15) is 0 Å². The van der Waals surface area contributed by atoms with Gasteiger partial charge in [-0.15, -0.1) is 0 Å². The lowest BCUT2D eigenvalue weighted by molar-refractivity contribution is 0.101. The molecule has 0 saturated carbocycles. The van der Waals surface area contributed by atoms with Crippen molar-refractivity contribution in [3.8, 4) is 0 Å². The zero-order valence-corrected chi connectivity index (χ0v) is 13.0. The van der Waals surface area contributed by atoms with Crippen LogP contribution in [-0.4, -0.2) is 21.2 Å². The third kappa shape index (κ3) is 3.13. The number of sulfonamides is 1. The van der Waals surface area contributed by atoms with Crippen LogP contribution in [0.25, 0.3) is 0 Å². The smallest absolute Gasteiger partial charge is 0.264 e. The van der Waals surface area contributed by atoms with Crippen LogP contribution in [0.15, 0.2) is 53.4 Å². The van der Waals surface area contributed by atoms with E-state index in [0.717, 1.165) is 5.56 Å². The Morgan fingerprint density at radius 2 is 1.67 bits per heavy atom. The quantitative estimate of drug-likeness (QED) is 0.816. The minimum Gasteiger partial charge on any atom is -0.295 e. The van der Waals surface area contributed by atoms with Crippen molar-refractivity contribution >= 4 is 21.5 Å². The molecule has 0 atom stereocenters. The molecule has 0 saturated heterocycles. The van der Waals surface area contributed by atoms with E-state index < -0.39 is 10.0 Å². The molecule has 0 spiro atoms. The molecule has 2 aromatic rings. The number of hydrogen-bond acceptors (Lipinski definition) is 3. The summed E-state index contributed by atoms with van der Waals surface area (Å²) < 4.78 is 26.4. The summed E-state index contributed by atoms with van der Waals surface area (Å²) in [6.45, 7) is 3.36. The number of aryl methyl sites for hydroxylation is 1. The van der Waals surface area contributed by atoms with Crippen LogP contribution >= 0.6 is 0 Å². The molecule has 21 heavy (non-hydrogen) atoms. The SMILES string of the molecule is CC(=O)c1ccc(S(=O)(=O)N(C)c2cccc(C)c2)cc1. The number of hydrogen-bond donors (Lipinski definition) is 0. The molecular formula is C16H17NO3S. The molecule has 2 aromatic carbocycles. The summed E-state index contributed by atoms with van der Waals surface area (Å²) in [5.74, 6) is -0.0917. The lowest BCUT2D eigenvalue weighted by atomic mass is 10.2. The van der Waals surface area contributed by atoms with Gasteiger partial charge in [-0.3, -0.25) is 9.10 Å². The molecule has 4 nitrogen and oxygen atoms in total. The normalized spacial score (nSPS) is 11.2. The third-order valence-corrected chi connectivity index (χ3v) is 5.08. The summed E-state index contributed by atoms with van der Waals surface area (Å²) in [7, 11) is -2.11. The first-order valence-electron chi connectivity index (χ1n) is 6.49. The van der Waals surface area contributed by atoms with Gasteiger partial charge < -0.3 is 0 Å². The number of nitrogens with zero attached hydrogens (tertiary/aromatic N) is 1. The van der Waals surface area contributed by atoms with Gasteiger partial charge in [-0.05, 0) is 43.7 Å². The van der Waals surface area contributed by atoms with Crippen LogP contribution in [0.5, 0.6) is 0 Å². The van der Waals surface area contributed by atoms with Crippen molar-refractivity contribution in [1.82, 2.24) is 0 Å². The molecule has 5 heteroatoms. The number of carbonyl (C=O) groups excluding carboxylic acids is 1. The maximum atomic E-state index is 12.6. The molecule has 0 unspecified atom stereocenters. The van der Waals surface area contributed by atoms with E-state index in [0.29, 0.717) is 11.3 Å². The third-order valence-electron chi connectivity index (χ3n) is 3.28. The van der Waals surface area contributed by atoms with Crippen LogP contribution in [-0.2, 0) is 10.0 Å². The van der Waals surface area contributed by atoms with Crippen LogP contribution in [0, 0.1) is 6.92 Å². The van der Waals surface area contributed by atoms with Crippen LogP contribution in [0.4, 0.5) is 5.69 Å². The molecule has 0 aliphatic carbocycles. The van der Waals surface area contributed by atoms with Crippen molar-refractivity contribution in [3.05, 3.63) is 59.7 Å². The van der Waals surface area contributed by atoms with Gasteiger partial charge in [0, 0.05) is 12.6 Å². The Labute approximate surface area is 125 Å². The standard InChI is InChI=1S/C16H17NO3S/c1-12-5-4-6-15(11-12)17(3)21(19,20)16-9-7-14(8-10-16)13(2)18/h4-11H,1-3H3. The zero-order chi connectivity index (χ0) is 15.6. The molecule has 110 valence electrons. The highest BCUT2D eigenvalue weighted by Crippen LogP contribution is 2.23. The predicted octanol–water partition coefficient (Wildman–Crippen LogP) is 3.02. The van der Waals surface area contributed by atoms with E-state index >= 15 is 0 Å². The number of anilines is 1. The van der Waals surface area contributed by atoms with Gasteiger partial charge in [0.25, 0.3) is 10.0 Å². The molecule has 0 aliphatic heterocycles. The summed E-state index contributed by atoms with van der Waals surface area (Å²) >= 11 is 0. The first kappa shape index (κ1) is 15.3. The van der Waals surface area contributed by atoms with Crippen LogP contribution in [0.1, 0.15) is 22.8 Å². The monoisotopic (exact) mass is 303 g/mol. The van der Waals surface area contributed by atoms with Crippen molar-refractivity contribution in [1.29, 1.82) is 0 Å². The Kier molecular flexibility index (Phi) is 4.14. The van der Waals surface area contributed by atoms with E-state index in [1.807, 2.05) is 25.1 Å². The van der Waals surface area contributed by atoms with Crippen LogP contribution in [0.2, 0.25) is 0 Å². The molecule has 0 radical (unpaired) electrons. The molecule has 0 heterocycles. The van der Waals surface area contributed by atoms with Crippen LogP contribution in [0.3, 0.4) is 0 Å². The molecule has 0 aromatic heterocycles. The van der Waals surface area contributed by atoms with Gasteiger partial charge in [-0.2, -0.15) is 0 Å². The van der Waals surface area contributed by atoms with Crippen LogP contribution < -0.4 is 4.31 Å². The van der Waals surface area contributed by atoms with Gasteiger partial charge in [0.15, 0.2) is 5.78 Å². The Balaban J connectivity index is 2.39. The Morgan fingerprint density at radius 3 is 2.19 bits per heavy atom. The Morgan fingerprint density at radius 1 is 1.05 bits per heavy atom. The van der Waals surface area contributed by atoms with E-state index in [-0.39, 0.29) is 10.7 Å². The first-order chi connectivity index (χ1) is 9.82. The van der Waals surface area contributed by atoms with E-state index in [1.165, 1.54) is 42.5 Å². The van der Waals surface area contributed by atoms with Gasteiger partial charge in [-0.1, -0.05) is 24.3 Å². The number of rotatable bonds is 4. The number of benzene rings is 2. The van der Waals surface area contributed by atoms with Gasteiger partial charge >= 0.3 is 0 Å². The summed E-state index contributed by atoms with van der Waals surface area (Å²) in [5, 5.41) is 0. The molecule has 0 N–H and O–H groups in total. The van der Waals surface area contributed by atoms with E-state index in [2.05, 4.69) is 0 Å². The van der Waals surface area contributed by atoms with Gasteiger partial charge in [0.2, 0.25) is 0 Å². The van der Waals surface area contributed by atoms with Crippen molar-refractivity contribution in [3.63, 3.8) is 0 Å². The maximum Gasteiger partial charge on any atom is 0.264 e. The average molecular weight is 303 g/mol. The summed E-state index contributed by atoms with van der Waals surface area (Å²) in [6, 6.07) is 13.2. The Hall–Kier alpha value is -2.14. The van der Waals surface area contributed by atoms with Gasteiger partial charge in [-0.25, -0.2) is 8.42 Å². The second-order valence-corrected chi connectivity index (χ2v) is 6.86. The molecular weight excluding hydrogens is 286 g/mol.